The number of halogens is 2. The van der Waals surface area contributed by atoms with Gasteiger partial charge in [0, 0.05) is 0 Å². The zero-order valence-electron chi connectivity index (χ0n) is 19.1. The van der Waals surface area contributed by atoms with Gasteiger partial charge in [0.25, 0.3) is 0 Å². The van der Waals surface area contributed by atoms with Gasteiger partial charge in [-0.05, 0) is 60.1 Å². The SMILES string of the molecule is CC(C)C[C@H](Cl)COC(=O)c1ccc(-c2ccc(C(=O)OC[C@@H](Cl)CC(C)C)cc2)cc1. The van der Waals surface area contributed by atoms with Gasteiger partial charge in [-0.3, -0.25) is 0 Å². The van der Waals surface area contributed by atoms with Gasteiger partial charge in [-0.1, -0.05) is 52.0 Å². The van der Waals surface area contributed by atoms with E-state index in [0.29, 0.717) is 23.0 Å². The van der Waals surface area contributed by atoms with Crippen LogP contribution in [0.15, 0.2) is 48.5 Å². The highest BCUT2D eigenvalue weighted by Crippen LogP contribution is 2.22. The Bertz CT molecular complexity index is 787. The first-order chi connectivity index (χ1) is 15.2. The fraction of sp³-hybridized carbons (Fsp3) is 0.462. The summed E-state index contributed by atoms with van der Waals surface area (Å²) in [6.45, 7) is 8.70. The molecule has 0 radical (unpaired) electrons. The summed E-state index contributed by atoms with van der Waals surface area (Å²) in [5, 5.41) is -0.372. The maximum absolute atomic E-state index is 12.2. The van der Waals surface area contributed by atoms with Crippen LogP contribution in [0, 0.1) is 11.8 Å². The third-order valence-corrected chi connectivity index (χ3v) is 5.43. The Balaban J connectivity index is 1.91. The third-order valence-electron chi connectivity index (χ3n) is 4.82. The molecule has 6 heteroatoms. The molecule has 0 aliphatic heterocycles. The minimum absolute atomic E-state index is 0.186. The lowest BCUT2D eigenvalue weighted by Crippen LogP contribution is -2.16. The molecule has 2 rings (SSSR count). The lowest BCUT2D eigenvalue weighted by Gasteiger charge is -2.13. The monoisotopic (exact) mass is 478 g/mol. The highest BCUT2D eigenvalue weighted by Gasteiger charge is 2.14. The lowest BCUT2D eigenvalue weighted by molar-refractivity contribution is 0.0490. The van der Waals surface area contributed by atoms with Crippen LogP contribution in [0.25, 0.3) is 11.1 Å². The molecule has 0 aliphatic rings. The van der Waals surface area contributed by atoms with E-state index in [1.54, 1.807) is 24.3 Å². The van der Waals surface area contributed by atoms with Gasteiger partial charge in [0.15, 0.2) is 0 Å². The number of rotatable bonds is 11. The first-order valence-electron chi connectivity index (χ1n) is 11.0. The summed E-state index contributed by atoms with van der Waals surface area (Å²) in [7, 11) is 0. The zero-order valence-corrected chi connectivity index (χ0v) is 20.7. The number of hydrogen-bond donors (Lipinski definition) is 0. The molecule has 174 valence electrons. The van der Waals surface area contributed by atoms with Crippen LogP contribution >= 0.6 is 23.2 Å². The molecule has 0 heterocycles. The van der Waals surface area contributed by atoms with Crippen molar-refractivity contribution < 1.29 is 19.1 Å². The molecule has 0 N–H and O–H groups in total. The Morgan fingerprint density at radius 1 is 0.656 bits per heavy atom. The van der Waals surface area contributed by atoms with E-state index in [9.17, 15) is 9.59 Å². The molecule has 0 aromatic heterocycles. The lowest BCUT2D eigenvalue weighted by atomic mass is 10.0. The van der Waals surface area contributed by atoms with Gasteiger partial charge in [-0.25, -0.2) is 9.59 Å². The molecule has 32 heavy (non-hydrogen) atoms. The highest BCUT2D eigenvalue weighted by atomic mass is 35.5. The van der Waals surface area contributed by atoms with E-state index in [0.717, 1.165) is 24.0 Å². The van der Waals surface area contributed by atoms with Crippen LogP contribution < -0.4 is 0 Å². The summed E-state index contributed by atoms with van der Waals surface area (Å²) in [5.74, 6) is 0.120. The van der Waals surface area contributed by atoms with Crippen LogP contribution in [-0.4, -0.2) is 35.9 Å². The normalized spacial score (nSPS) is 13.1. The van der Waals surface area contributed by atoms with E-state index in [4.69, 9.17) is 32.7 Å². The number of ether oxygens (including phenoxy) is 2. The Morgan fingerprint density at radius 3 is 1.25 bits per heavy atom. The van der Waals surface area contributed by atoms with E-state index < -0.39 is 0 Å². The number of esters is 2. The molecule has 2 aromatic rings. The summed E-state index contributed by atoms with van der Waals surface area (Å²) in [6.07, 6.45) is 1.59. The van der Waals surface area contributed by atoms with Gasteiger partial charge in [0.1, 0.15) is 13.2 Å². The second-order valence-electron chi connectivity index (χ2n) is 8.81. The maximum atomic E-state index is 12.2. The predicted molar refractivity (Wildman–Crippen MR) is 131 cm³/mol. The predicted octanol–water partition coefficient (Wildman–Crippen LogP) is 6.97. The number of carbonyl (C=O) groups is 2. The quantitative estimate of drug-likeness (QED) is 0.258. The third kappa shape index (κ3) is 8.84. The average molecular weight is 479 g/mol. The average Bonchev–Trinajstić information content (AvgIpc) is 2.75. The number of hydrogen-bond acceptors (Lipinski definition) is 4. The number of carbonyl (C=O) groups excluding carboxylic acids is 2. The van der Waals surface area contributed by atoms with Gasteiger partial charge < -0.3 is 9.47 Å². The zero-order chi connectivity index (χ0) is 23.7. The second kappa shape index (κ2) is 12.9. The molecule has 0 bridgehead atoms. The summed E-state index contributed by atoms with van der Waals surface area (Å²) in [6, 6.07) is 14.3. The highest BCUT2D eigenvalue weighted by molar-refractivity contribution is 6.21. The molecule has 0 amide bonds. The van der Waals surface area contributed by atoms with Crippen LogP contribution in [0.4, 0.5) is 0 Å². The fourth-order valence-corrected chi connectivity index (χ4v) is 4.09. The molecule has 2 aromatic carbocycles. The van der Waals surface area contributed by atoms with Gasteiger partial charge in [0.05, 0.1) is 21.9 Å². The van der Waals surface area contributed by atoms with Crippen LogP contribution in [0.1, 0.15) is 61.3 Å². The Hall–Kier alpha value is -2.04. The summed E-state index contributed by atoms with van der Waals surface area (Å²) in [4.78, 5) is 24.5. The summed E-state index contributed by atoms with van der Waals surface area (Å²) < 4.78 is 10.6. The van der Waals surface area contributed by atoms with Gasteiger partial charge in [-0.15, -0.1) is 23.2 Å². The molecule has 2 atom stereocenters. The summed E-state index contributed by atoms with van der Waals surface area (Å²) in [5.41, 5.74) is 2.79. The van der Waals surface area contributed by atoms with Crippen molar-refractivity contribution in [2.24, 2.45) is 11.8 Å². The van der Waals surface area contributed by atoms with Crippen molar-refractivity contribution in [2.45, 2.75) is 51.3 Å². The topological polar surface area (TPSA) is 52.6 Å². The van der Waals surface area contributed by atoms with Crippen molar-refractivity contribution in [2.75, 3.05) is 13.2 Å². The molecule has 4 nitrogen and oxygen atoms in total. The van der Waals surface area contributed by atoms with E-state index in [2.05, 4.69) is 27.7 Å². The molecule has 0 fully saturated rings. The molecule has 0 spiro atoms. The number of benzene rings is 2. The van der Waals surface area contributed by atoms with Crippen LogP contribution in [0.2, 0.25) is 0 Å². The molecule has 0 unspecified atom stereocenters. The molecule has 0 saturated heterocycles. The Labute approximate surface area is 201 Å². The molecular weight excluding hydrogens is 447 g/mol. The van der Waals surface area contributed by atoms with Gasteiger partial charge >= 0.3 is 11.9 Å². The molecule has 0 aliphatic carbocycles. The molecular formula is C26H32Cl2O4. The van der Waals surface area contributed by atoms with Crippen molar-refractivity contribution in [1.29, 1.82) is 0 Å². The number of alkyl halides is 2. The largest absolute Gasteiger partial charge is 0.461 e. The van der Waals surface area contributed by atoms with Crippen molar-refractivity contribution in [3.63, 3.8) is 0 Å². The van der Waals surface area contributed by atoms with E-state index in [1.165, 1.54) is 0 Å². The standard InChI is InChI=1S/C26H32Cl2O4/c1-17(2)13-23(27)15-31-25(29)21-9-5-19(6-10-21)20-7-11-22(12-8-20)26(30)32-16-24(28)14-18(3)4/h5-12,17-18,23-24H,13-16H2,1-4H3/t23-,24-/m0/s1. The first kappa shape index (κ1) is 26.2. The smallest absolute Gasteiger partial charge is 0.338 e. The molecule has 0 saturated carbocycles. The Kier molecular flexibility index (Phi) is 10.5. The van der Waals surface area contributed by atoms with Crippen molar-refractivity contribution >= 4 is 35.1 Å². The first-order valence-corrected chi connectivity index (χ1v) is 11.9. The minimum atomic E-state index is -0.390. The van der Waals surface area contributed by atoms with E-state index >= 15 is 0 Å². The fourth-order valence-electron chi connectivity index (χ4n) is 3.26. The van der Waals surface area contributed by atoms with Gasteiger partial charge in [-0.2, -0.15) is 0 Å². The van der Waals surface area contributed by atoms with Gasteiger partial charge in [0.2, 0.25) is 0 Å². The Morgan fingerprint density at radius 2 is 0.969 bits per heavy atom. The summed E-state index contributed by atoms with van der Waals surface area (Å²) >= 11 is 12.4. The van der Waals surface area contributed by atoms with Crippen LogP contribution in [0.5, 0.6) is 0 Å². The van der Waals surface area contributed by atoms with Crippen LogP contribution in [0.3, 0.4) is 0 Å². The second-order valence-corrected chi connectivity index (χ2v) is 10.0. The van der Waals surface area contributed by atoms with Crippen molar-refractivity contribution in [1.82, 2.24) is 0 Å². The minimum Gasteiger partial charge on any atom is -0.461 e. The van der Waals surface area contributed by atoms with Crippen LogP contribution in [-0.2, 0) is 9.47 Å². The van der Waals surface area contributed by atoms with Crippen molar-refractivity contribution in [3.8, 4) is 11.1 Å². The van der Waals surface area contributed by atoms with E-state index in [1.807, 2.05) is 24.3 Å². The maximum Gasteiger partial charge on any atom is 0.338 e. The van der Waals surface area contributed by atoms with Crippen molar-refractivity contribution in [3.05, 3.63) is 59.7 Å². The van der Waals surface area contributed by atoms with E-state index in [-0.39, 0.29) is 35.9 Å².